The highest BCUT2D eigenvalue weighted by molar-refractivity contribution is 6.31. The van der Waals surface area contributed by atoms with Crippen LogP contribution in [0.25, 0.3) is 16.9 Å². The molecule has 1 aromatic carbocycles. The van der Waals surface area contributed by atoms with E-state index in [1.807, 2.05) is 29.7 Å². The van der Waals surface area contributed by atoms with Gasteiger partial charge in [-0.25, -0.2) is 9.37 Å². The number of nitrogen functional groups attached to an aromatic ring is 1. The number of anilines is 1. The first kappa shape index (κ1) is 12.0. The van der Waals surface area contributed by atoms with Crippen molar-refractivity contribution < 1.29 is 4.39 Å². The Morgan fingerprint density at radius 1 is 1.32 bits per heavy atom. The molecule has 3 nitrogen and oxygen atoms in total. The fourth-order valence-corrected chi connectivity index (χ4v) is 2.26. The molecule has 5 heteroatoms. The van der Waals surface area contributed by atoms with Gasteiger partial charge in [-0.1, -0.05) is 17.7 Å². The number of hydrogen-bond donors (Lipinski definition) is 1. The van der Waals surface area contributed by atoms with Crippen molar-refractivity contribution >= 4 is 23.1 Å². The number of nitrogens with zero attached hydrogens (tertiary/aromatic N) is 2. The van der Waals surface area contributed by atoms with E-state index in [9.17, 15) is 4.39 Å². The molecule has 19 heavy (non-hydrogen) atoms. The minimum Gasteiger partial charge on any atom is -0.383 e. The van der Waals surface area contributed by atoms with E-state index in [1.165, 1.54) is 12.1 Å². The first-order valence-corrected chi connectivity index (χ1v) is 6.14. The number of rotatable bonds is 1. The van der Waals surface area contributed by atoms with Crippen LogP contribution in [-0.4, -0.2) is 9.38 Å². The van der Waals surface area contributed by atoms with Gasteiger partial charge in [0.25, 0.3) is 0 Å². The van der Waals surface area contributed by atoms with Crippen LogP contribution >= 0.6 is 11.6 Å². The first-order valence-electron chi connectivity index (χ1n) is 5.76. The molecule has 0 saturated heterocycles. The van der Waals surface area contributed by atoms with Crippen LogP contribution in [0, 0.1) is 12.7 Å². The largest absolute Gasteiger partial charge is 0.383 e. The smallest absolute Gasteiger partial charge is 0.142 e. The molecule has 3 aromatic rings. The third-order valence-electron chi connectivity index (χ3n) is 3.08. The zero-order chi connectivity index (χ0) is 13.6. The van der Waals surface area contributed by atoms with E-state index in [-0.39, 0.29) is 5.02 Å². The fraction of sp³-hybridized carbons (Fsp3) is 0.0714. The number of benzene rings is 1. The summed E-state index contributed by atoms with van der Waals surface area (Å²) in [5, 5.41) is 0.0608. The van der Waals surface area contributed by atoms with Crippen molar-refractivity contribution in [3.63, 3.8) is 0 Å². The topological polar surface area (TPSA) is 43.3 Å². The van der Waals surface area contributed by atoms with Crippen LogP contribution in [0.5, 0.6) is 0 Å². The van der Waals surface area contributed by atoms with Crippen LogP contribution < -0.4 is 5.73 Å². The van der Waals surface area contributed by atoms with Gasteiger partial charge in [0, 0.05) is 11.8 Å². The van der Waals surface area contributed by atoms with Crippen LogP contribution in [-0.2, 0) is 0 Å². The Morgan fingerprint density at radius 3 is 2.79 bits per heavy atom. The molecule has 0 aliphatic carbocycles. The second kappa shape index (κ2) is 4.24. The molecule has 2 heterocycles. The van der Waals surface area contributed by atoms with Crippen molar-refractivity contribution in [2.75, 3.05) is 5.73 Å². The molecule has 3 rings (SSSR count). The average molecular weight is 276 g/mol. The second-order valence-corrected chi connectivity index (χ2v) is 4.77. The van der Waals surface area contributed by atoms with Gasteiger partial charge < -0.3 is 5.73 Å². The highest BCUT2D eigenvalue weighted by Gasteiger charge is 2.13. The van der Waals surface area contributed by atoms with Gasteiger partial charge in [-0.3, -0.25) is 4.40 Å². The zero-order valence-corrected chi connectivity index (χ0v) is 10.9. The number of halogens is 2. The summed E-state index contributed by atoms with van der Waals surface area (Å²) >= 11 is 5.80. The number of fused-ring (bicyclic) bond motifs is 1. The standard InChI is InChI=1S/C14H11ClFN3/c1-8-3-2-6-19-13(17)12(18-14(8)19)9-4-5-11(16)10(15)7-9/h2-7H,17H2,1H3. The van der Waals surface area contributed by atoms with Crippen LogP contribution in [0.4, 0.5) is 10.2 Å². The number of pyridine rings is 1. The Morgan fingerprint density at radius 2 is 2.11 bits per heavy atom. The molecule has 0 amide bonds. The first-order chi connectivity index (χ1) is 9.08. The number of aromatic nitrogens is 2. The summed E-state index contributed by atoms with van der Waals surface area (Å²) in [7, 11) is 0. The zero-order valence-electron chi connectivity index (χ0n) is 10.2. The number of imidazole rings is 1. The highest BCUT2D eigenvalue weighted by Crippen LogP contribution is 2.30. The van der Waals surface area contributed by atoms with Gasteiger partial charge in [0.2, 0.25) is 0 Å². The number of hydrogen-bond acceptors (Lipinski definition) is 2. The van der Waals surface area contributed by atoms with Gasteiger partial charge in [0.1, 0.15) is 23.0 Å². The normalized spacial score (nSPS) is 11.1. The summed E-state index contributed by atoms with van der Waals surface area (Å²) in [5.41, 5.74) is 9.21. The maximum absolute atomic E-state index is 13.2. The lowest BCUT2D eigenvalue weighted by Crippen LogP contribution is -1.94. The second-order valence-electron chi connectivity index (χ2n) is 4.36. The minimum atomic E-state index is -0.455. The van der Waals surface area contributed by atoms with E-state index in [0.29, 0.717) is 17.1 Å². The lowest BCUT2D eigenvalue weighted by atomic mass is 10.1. The Bertz CT molecular complexity index is 780. The summed E-state index contributed by atoms with van der Waals surface area (Å²) in [6, 6.07) is 8.33. The monoisotopic (exact) mass is 275 g/mol. The van der Waals surface area contributed by atoms with Crippen molar-refractivity contribution in [2.45, 2.75) is 6.92 Å². The number of aryl methyl sites for hydroxylation is 1. The summed E-state index contributed by atoms with van der Waals surface area (Å²) in [4.78, 5) is 4.51. The number of nitrogens with two attached hydrogens (primary N) is 1. The lowest BCUT2D eigenvalue weighted by Gasteiger charge is -2.01. The van der Waals surface area contributed by atoms with Crippen molar-refractivity contribution in [1.82, 2.24) is 9.38 Å². The molecule has 0 aliphatic rings. The molecule has 96 valence electrons. The van der Waals surface area contributed by atoms with Crippen molar-refractivity contribution in [3.8, 4) is 11.3 Å². The van der Waals surface area contributed by atoms with Gasteiger partial charge >= 0.3 is 0 Å². The molecule has 0 fully saturated rings. The quantitative estimate of drug-likeness (QED) is 0.736. The molecule has 0 atom stereocenters. The molecule has 2 aromatic heterocycles. The summed E-state index contributed by atoms with van der Waals surface area (Å²) < 4.78 is 15.0. The van der Waals surface area contributed by atoms with E-state index >= 15 is 0 Å². The Hall–Kier alpha value is -2.07. The SMILES string of the molecule is Cc1cccn2c(N)c(-c3ccc(F)c(Cl)c3)nc12. The van der Waals surface area contributed by atoms with Crippen molar-refractivity contribution in [2.24, 2.45) is 0 Å². The van der Waals surface area contributed by atoms with Gasteiger partial charge in [0.05, 0.1) is 5.02 Å². The minimum absolute atomic E-state index is 0.0608. The van der Waals surface area contributed by atoms with E-state index in [1.54, 1.807) is 6.07 Å². The molecule has 0 bridgehead atoms. The summed E-state index contributed by atoms with van der Waals surface area (Å²) in [6.45, 7) is 1.96. The molecule has 0 radical (unpaired) electrons. The average Bonchev–Trinajstić information content (AvgIpc) is 2.72. The highest BCUT2D eigenvalue weighted by atomic mass is 35.5. The van der Waals surface area contributed by atoms with Crippen LogP contribution in [0.3, 0.4) is 0 Å². The van der Waals surface area contributed by atoms with E-state index in [0.717, 1.165) is 11.2 Å². The molecular weight excluding hydrogens is 265 g/mol. The maximum Gasteiger partial charge on any atom is 0.142 e. The van der Waals surface area contributed by atoms with Gasteiger partial charge in [-0.15, -0.1) is 0 Å². The predicted octanol–water partition coefficient (Wildman–Crippen LogP) is 3.68. The van der Waals surface area contributed by atoms with E-state index in [4.69, 9.17) is 17.3 Å². The van der Waals surface area contributed by atoms with Gasteiger partial charge in [0.15, 0.2) is 0 Å². The molecule has 0 saturated carbocycles. The summed E-state index contributed by atoms with van der Waals surface area (Å²) in [5.74, 6) is 0.0605. The molecule has 2 N–H and O–H groups in total. The predicted molar refractivity (Wildman–Crippen MR) is 74.7 cm³/mol. The van der Waals surface area contributed by atoms with Gasteiger partial charge in [-0.05, 0) is 36.8 Å². The Labute approximate surface area is 114 Å². The maximum atomic E-state index is 13.2. The van der Waals surface area contributed by atoms with Gasteiger partial charge in [-0.2, -0.15) is 0 Å². The van der Waals surface area contributed by atoms with Crippen molar-refractivity contribution in [1.29, 1.82) is 0 Å². The van der Waals surface area contributed by atoms with E-state index in [2.05, 4.69) is 4.98 Å². The van der Waals surface area contributed by atoms with Crippen LogP contribution in [0.2, 0.25) is 5.02 Å². The molecule has 0 spiro atoms. The van der Waals surface area contributed by atoms with Crippen molar-refractivity contribution in [3.05, 3.63) is 52.9 Å². The fourth-order valence-electron chi connectivity index (χ4n) is 2.08. The van der Waals surface area contributed by atoms with E-state index < -0.39 is 5.82 Å². The Kier molecular flexibility index (Phi) is 2.68. The third kappa shape index (κ3) is 1.85. The lowest BCUT2D eigenvalue weighted by molar-refractivity contribution is 0.628. The molecular formula is C14H11ClFN3. The third-order valence-corrected chi connectivity index (χ3v) is 3.36. The Balaban J connectivity index is 2.28. The van der Waals surface area contributed by atoms with Crippen LogP contribution in [0.1, 0.15) is 5.56 Å². The van der Waals surface area contributed by atoms with Crippen LogP contribution in [0.15, 0.2) is 36.5 Å². The molecule has 0 aliphatic heterocycles. The molecule has 0 unspecified atom stereocenters. The summed E-state index contributed by atoms with van der Waals surface area (Å²) in [6.07, 6.45) is 1.85.